The Morgan fingerprint density at radius 3 is 2.25 bits per heavy atom. The van der Waals surface area contributed by atoms with Gasteiger partial charge in [0.15, 0.2) is 0 Å². The standard InChI is InChI=1S/C8H10I2O2/c1-8(2)4(3-5(9)10)6(8)7(11)12/h3-4,6H,1-2H3,(H,11,12)/p-1. The van der Waals surface area contributed by atoms with Crippen molar-refractivity contribution in [1.82, 2.24) is 0 Å². The van der Waals surface area contributed by atoms with Crippen molar-refractivity contribution in [3.05, 3.63) is 7.66 Å². The molecule has 1 saturated carbocycles. The highest BCUT2D eigenvalue weighted by Crippen LogP contribution is 2.59. The smallest absolute Gasteiger partial charge is 0.0477 e. The molecule has 0 aromatic carbocycles. The predicted octanol–water partition coefficient (Wildman–Crippen LogP) is 1.72. The summed E-state index contributed by atoms with van der Waals surface area (Å²) in [6.07, 6.45) is 2.00. The van der Waals surface area contributed by atoms with E-state index >= 15 is 0 Å². The normalized spacial score (nSPS) is 31.0. The minimum absolute atomic E-state index is 0.111. The summed E-state index contributed by atoms with van der Waals surface area (Å²) in [6, 6.07) is 0. The molecule has 0 aromatic heterocycles. The van der Waals surface area contributed by atoms with Crippen LogP contribution in [0.5, 0.6) is 0 Å². The van der Waals surface area contributed by atoms with E-state index in [4.69, 9.17) is 0 Å². The lowest BCUT2D eigenvalue weighted by atomic mass is 10.1. The minimum Gasteiger partial charge on any atom is -0.550 e. The monoisotopic (exact) mass is 391 g/mol. The maximum absolute atomic E-state index is 10.6. The van der Waals surface area contributed by atoms with Gasteiger partial charge in [0.2, 0.25) is 0 Å². The molecule has 1 fully saturated rings. The van der Waals surface area contributed by atoms with Gasteiger partial charge in [-0.3, -0.25) is 0 Å². The third-order valence-electron chi connectivity index (χ3n) is 2.47. The van der Waals surface area contributed by atoms with Gasteiger partial charge in [0.25, 0.3) is 0 Å². The van der Waals surface area contributed by atoms with Crippen LogP contribution in [-0.4, -0.2) is 5.97 Å². The molecule has 0 aromatic rings. The molecule has 0 aliphatic heterocycles. The Morgan fingerprint density at radius 2 is 2.00 bits per heavy atom. The Bertz CT molecular complexity index is 241. The van der Waals surface area contributed by atoms with Crippen LogP contribution in [0.2, 0.25) is 0 Å². The molecule has 12 heavy (non-hydrogen) atoms. The molecule has 0 saturated heterocycles. The van der Waals surface area contributed by atoms with Crippen molar-refractivity contribution in [2.24, 2.45) is 17.3 Å². The maximum Gasteiger partial charge on any atom is 0.0477 e. The first-order valence-corrected chi connectivity index (χ1v) is 5.77. The number of carboxylic acids is 1. The Kier molecular flexibility index (Phi) is 3.08. The first kappa shape index (κ1) is 10.7. The Labute approximate surface area is 99.1 Å². The molecule has 1 aliphatic rings. The number of hydrogen-bond acceptors (Lipinski definition) is 2. The minimum atomic E-state index is -0.921. The third-order valence-corrected chi connectivity index (χ3v) is 3.19. The summed E-state index contributed by atoms with van der Waals surface area (Å²) in [6.45, 7) is 3.93. The van der Waals surface area contributed by atoms with Gasteiger partial charge in [0.05, 0.1) is 0 Å². The van der Waals surface area contributed by atoms with Gasteiger partial charge < -0.3 is 9.90 Å². The van der Waals surface area contributed by atoms with E-state index in [1.807, 2.05) is 19.9 Å². The predicted molar refractivity (Wildman–Crippen MR) is 61.9 cm³/mol. The highest BCUT2D eigenvalue weighted by Gasteiger charge is 2.57. The molecular weight excluding hydrogens is 382 g/mol. The Morgan fingerprint density at radius 1 is 1.50 bits per heavy atom. The zero-order valence-corrected chi connectivity index (χ0v) is 11.1. The van der Waals surface area contributed by atoms with Crippen LogP contribution in [0.3, 0.4) is 0 Å². The lowest BCUT2D eigenvalue weighted by Crippen LogP contribution is -2.26. The van der Waals surface area contributed by atoms with Gasteiger partial charge in [-0.15, -0.1) is 0 Å². The van der Waals surface area contributed by atoms with Crippen LogP contribution < -0.4 is 5.11 Å². The molecule has 0 bridgehead atoms. The molecule has 4 heteroatoms. The second-order valence-electron chi connectivity index (χ2n) is 3.60. The summed E-state index contributed by atoms with van der Waals surface area (Å²) >= 11 is 4.36. The molecule has 1 rings (SSSR count). The summed E-state index contributed by atoms with van der Waals surface area (Å²) in [5.74, 6) is -1.06. The number of allylic oxidation sites excluding steroid dienone is 1. The van der Waals surface area contributed by atoms with Crippen molar-refractivity contribution in [3.63, 3.8) is 0 Å². The van der Waals surface area contributed by atoms with Crippen LogP contribution in [-0.2, 0) is 4.79 Å². The number of carbonyl (C=O) groups is 1. The molecule has 2 nitrogen and oxygen atoms in total. The van der Waals surface area contributed by atoms with E-state index in [2.05, 4.69) is 45.2 Å². The molecule has 1 aliphatic carbocycles. The van der Waals surface area contributed by atoms with Crippen LogP contribution >= 0.6 is 45.2 Å². The van der Waals surface area contributed by atoms with E-state index in [0.29, 0.717) is 0 Å². The van der Waals surface area contributed by atoms with Crippen molar-refractivity contribution in [2.45, 2.75) is 13.8 Å². The van der Waals surface area contributed by atoms with Crippen LogP contribution in [0.4, 0.5) is 0 Å². The highest BCUT2D eigenvalue weighted by molar-refractivity contribution is 14.2. The number of hydrogen-bond donors (Lipinski definition) is 0. The zero-order valence-electron chi connectivity index (χ0n) is 6.80. The molecular formula is C8H9I2O2-. The van der Waals surface area contributed by atoms with Gasteiger partial charge in [0, 0.05) is 13.5 Å². The second-order valence-corrected chi connectivity index (χ2v) is 7.99. The highest BCUT2D eigenvalue weighted by atomic mass is 127. The fraction of sp³-hybridized carbons (Fsp3) is 0.625. The summed E-state index contributed by atoms with van der Waals surface area (Å²) in [5, 5.41) is 10.6. The van der Waals surface area contributed by atoms with Crippen molar-refractivity contribution >= 4 is 51.2 Å². The zero-order chi connectivity index (χ0) is 9.52. The molecule has 0 heterocycles. The van der Waals surface area contributed by atoms with Gasteiger partial charge in [0.1, 0.15) is 0 Å². The van der Waals surface area contributed by atoms with E-state index in [9.17, 15) is 9.90 Å². The van der Waals surface area contributed by atoms with E-state index < -0.39 is 5.97 Å². The lowest BCUT2D eigenvalue weighted by Gasteiger charge is -2.01. The van der Waals surface area contributed by atoms with Crippen LogP contribution in [0.25, 0.3) is 0 Å². The molecule has 0 radical (unpaired) electrons. The van der Waals surface area contributed by atoms with Crippen LogP contribution in [0.15, 0.2) is 7.66 Å². The molecule has 0 amide bonds. The van der Waals surface area contributed by atoms with Crippen molar-refractivity contribution in [1.29, 1.82) is 0 Å². The van der Waals surface area contributed by atoms with Gasteiger partial charge in [-0.2, -0.15) is 0 Å². The third kappa shape index (κ3) is 1.94. The average molecular weight is 391 g/mol. The van der Waals surface area contributed by atoms with E-state index in [0.717, 1.165) is 1.59 Å². The van der Waals surface area contributed by atoms with E-state index in [-0.39, 0.29) is 17.3 Å². The quantitative estimate of drug-likeness (QED) is 0.673. The molecule has 0 N–H and O–H groups in total. The van der Waals surface area contributed by atoms with Gasteiger partial charge >= 0.3 is 0 Å². The van der Waals surface area contributed by atoms with Gasteiger partial charge in [-0.1, -0.05) is 19.9 Å². The molecule has 68 valence electrons. The number of rotatable bonds is 2. The van der Waals surface area contributed by atoms with Crippen molar-refractivity contribution in [2.75, 3.05) is 0 Å². The summed E-state index contributed by atoms with van der Waals surface area (Å²) in [4.78, 5) is 10.6. The maximum atomic E-state index is 10.6. The summed E-state index contributed by atoms with van der Waals surface area (Å²) in [7, 11) is 0. The average Bonchev–Trinajstić information content (AvgIpc) is 2.32. The van der Waals surface area contributed by atoms with E-state index in [1.165, 1.54) is 0 Å². The SMILES string of the molecule is CC1(C)C(C=C(I)I)C1C(=O)[O-]. The van der Waals surface area contributed by atoms with E-state index in [1.54, 1.807) is 0 Å². The molecule has 0 spiro atoms. The Balaban J connectivity index is 2.73. The van der Waals surface area contributed by atoms with Gasteiger partial charge in [-0.25, -0.2) is 0 Å². The fourth-order valence-corrected chi connectivity index (χ4v) is 2.35. The Hall–Kier alpha value is 0.670. The lowest BCUT2D eigenvalue weighted by molar-refractivity contribution is -0.308. The topological polar surface area (TPSA) is 40.1 Å². The number of halogens is 2. The number of carbonyl (C=O) groups excluding carboxylic acids is 1. The van der Waals surface area contributed by atoms with Gasteiger partial charge in [-0.05, 0) is 56.5 Å². The second kappa shape index (κ2) is 3.43. The van der Waals surface area contributed by atoms with Crippen molar-refractivity contribution in [3.8, 4) is 0 Å². The molecule has 2 unspecified atom stereocenters. The van der Waals surface area contributed by atoms with Crippen molar-refractivity contribution < 1.29 is 9.90 Å². The summed E-state index contributed by atoms with van der Waals surface area (Å²) < 4.78 is 1.12. The first-order chi connectivity index (χ1) is 5.37. The van der Waals surface area contributed by atoms with Crippen LogP contribution in [0, 0.1) is 17.3 Å². The largest absolute Gasteiger partial charge is 0.550 e. The first-order valence-electron chi connectivity index (χ1n) is 3.61. The summed E-state index contributed by atoms with van der Waals surface area (Å²) in [5.41, 5.74) is -0.111. The number of carboxylic acid groups (broad SMARTS) is 1. The number of aliphatic carboxylic acids is 1. The fourth-order valence-electron chi connectivity index (χ4n) is 1.57. The molecule has 2 atom stereocenters. The van der Waals surface area contributed by atoms with Crippen LogP contribution in [0.1, 0.15) is 13.8 Å².